The summed E-state index contributed by atoms with van der Waals surface area (Å²) < 4.78 is 5.89. The van der Waals surface area contributed by atoms with Gasteiger partial charge in [-0.1, -0.05) is 18.9 Å². The maximum absolute atomic E-state index is 13.1. The first-order chi connectivity index (χ1) is 13.2. The van der Waals surface area contributed by atoms with Crippen molar-refractivity contribution >= 4 is 11.9 Å². The molecule has 1 N–H and O–H groups in total. The van der Waals surface area contributed by atoms with Crippen LogP contribution in [0.25, 0.3) is 0 Å². The molecular weight excluding hydrogens is 344 g/mol. The highest BCUT2D eigenvalue weighted by atomic mass is 16.5. The number of morpholine rings is 1. The Morgan fingerprint density at radius 3 is 2.93 bits per heavy atom. The van der Waals surface area contributed by atoms with Crippen molar-refractivity contribution in [2.24, 2.45) is 0 Å². The number of carbonyl (C=O) groups is 2. The van der Waals surface area contributed by atoms with Gasteiger partial charge in [0.25, 0.3) is 5.91 Å². The quantitative estimate of drug-likeness (QED) is 0.776. The van der Waals surface area contributed by atoms with Crippen LogP contribution in [-0.4, -0.2) is 71.7 Å². The summed E-state index contributed by atoms with van der Waals surface area (Å²) in [6, 6.07) is 3.69. The Hall–Kier alpha value is -2.41. The van der Waals surface area contributed by atoms with E-state index in [4.69, 9.17) is 4.74 Å². The SMILES string of the molecule is C=CCNC(=O)N1CCOC(CN(C(=O)c2cccnc2)C2CCCC2)C1. The predicted molar refractivity (Wildman–Crippen MR) is 102 cm³/mol. The molecule has 0 radical (unpaired) electrons. The first kappa shape index (κ1) is 19.4. The molecule has 146 valence electrons. The van der Waals surface area contributed by atoms with Gasteiger partial charge in [0.1, 0.15) is 0 Å². The Morgan fingerprint density at radius 1 is 1.41 bits per heavy atom. The summed E-state index contributed by atoms with van der Waals surface area (Å²) in [6.07, 6.45) is 9.07. The molecule has 2 aliphatic rings. The van der Waals surface area contributed by atoms with Gasteiger partial charge in [-0.3, -0.25) is 9.78 Å². The van der Waals surface area contributed by atoms with Crippen LogP contribution in [0, 0.1) is 0 Å². The van der Waals surface area contributed by atoms with Crippen molar-refractivity contribution in [1.82, 2.24) is 20.1 Å². The molecule has 1 saturated heterocycles. The molecule has 3 rings (SSSR count). The minimum absolute atomic E-state index is 0.00756. The van der Waals surface area contributed by atoms with E-state index in [2.05, 4.69) is 16.9 Å². The lowest BCUT2D eigenvalue weighted by molar-refractivity contribution is -0.0321. The number of amides is 3. The highest BCUT2D eigenvalue weighted by molar-refractivity contribution is 5.94. The van der Waals surface area contributed by atoms with E-state index in [9.17, 15) is 9.59 Å². The number of rotatable bonds is 6. The van der Waals surface area contributed by atoms with Crippen molar-refractivity contribution in [3.63, 3.8) is 0 Å². The molecule has 0 aromatic carbocycles. The molecule has 1 saturated carbocycles. The second-order valence-corrected chi connectivity index (χ2v) is 7.05. The van der Waals surface area contributed by atoms with Crippen LogP contribution in [0.2, 0.25) is 0 Å². The number of aromatic nitrogens is 1. The molecule has 2 fully saturated rings. The molecule has 1 aromatic heterocycles. The van der Waals surface area contributed by atoms with Gasteiger partial charge < -0.3 is 19.9 Å². The monoisotopic (exact) mass is 372 g/mol. The molecule has 7 nitrogen and oxygen atoms in total. The third-order valence-electron chi connectivity index (χ3n) is 5.16. The largest absolute Gasteiger partial charge is 0.373 e. The molecule has 0 bridgehead atoms. The lowest BCUT2D eigenvalue weighted by Gasteiger charge is -2.37. The smallest absolute Gasteiger partial charge is 0.317 e. The molecular formula is C20H28N4O3. The van der Waals surface area contributed by atoms with Gasteiger partial charge >= 0.3 is 6.03 Å². The second kappa shape index (κ2) is 9.50. The summed E-state index contributed by atoms with van der Waals surface area (Å²) in [5, 5.41) is 2.80. The molecule has 7 heteroatoms. The maximum Gasteiger partial charge on any atom is 0.317 e. The third-order valence-corrected chi connectivity index (χ3v) is 5.16. The summed E-state index contributed by atoms with van der Waals surface area (Å²) in [5.41, 5.74) is 0.598. The van der Waals surface area contributed by atoms with Crippen molar-refractivity contribution in [2.75, 3.05) is 32.8 Å². The van der Waals surface area contributed by atoms with Crippen LogP contribution in [0.3, 0.4) is 0 Å². The molecule has 3 amide bonds. The molecule has 0 spiro atoms. The van der Waals surface area contributed by atoms with Gasteiger partial charge in [0.05, 0.1) is 24.8 Å². The van der Waals surface area contributed by atoms with Crippen molar-refractivity contribution in [1.29, 1.82) is 0 Å². The normalized spacial score (nSPS) is 20.3. The average Bonchev–Trinajstić information content (AvgIpc) is 3.25. The fourth-order valence-corrected chi connectivity index (χ4v) is 3.77. The van der Waals surface area contributed by atoms with Crippen LogP contribution < -0.4 is 5.32 Å². The molecule has 2 heterocycles. The predicted octanol–water partition coefficient (Wildman–Crippen LogP) is 2.06. The zero-order valence-corrected chi connectivity index (χ0v) is 15.7. The Balaban J connectivity index is 1.67. The highest BCUT2D eigenvalue weighted by Gasteiger charge is 2.32. The standard InChI is InChI=1S/C20H28N4O3/c1-2-9-22-20(26)23-11-12-27-18(14-23)15-24(17-7-3-4-8-17)19(25)16-6-5-10-21-13-16/h2,5-6,10,13,17-18H,1,3-4,7-9,11-12,14-15H2,(H,22,26). The van der Waals surface area contributed by atoms with E-state index < -0.39 is 0 Å². The van der Waals surface area contributed by atoms with E-state index in [0.717, 1.165) is 25.7 Å². The third kappa shape index (κ3) is 5.07. The number of hydrogen-bond acceptors (Lipinski definition) is 4. The minimum Gasteiger partial charge on any atom is -0.373 e. The molecule has 1 aromatic rings. The lowest BCUT2D eigenvalue weighted by Crippen LogP contribution is -2.54. The number of nitrogens with one attached hydrogen (secondary N) is 1. The van der Waals surface area contributed by atoms with Crippen LogP contribution in [-0.2, 0) is 4.74 Å². The topological polar surface area (TPSA) is 74.8 Å². The number of pyridine rings is 1. The second-order valence-electron chi connectivity index (χ2n) is 7.05. The summed E-state index contributed by atoms with van der Waals surface area (Å²) in [5.74, 6) is -0.00756. The number of nitrogens with zero attached hydrogens (tertiary/aromatic N) is 3. The average molecular weight is 372 g/mol. The van der Waals surface area contributed by atoms with Crippen LogP contribution in [0.15, 0.2) is 37.2 Å². The van der Waals surface area contributed by atoms with Crippen LogP contribution >= 0.6 is 0 Å². The molecule has 27 heavy (non-hydrogen) atoms. The highest BCUT2D eigenvalue weighted by Crippen LogP contribution is 2.26. The van der Waals surface area contributed by atoms with Gasteiger partial charge in [-0.05, 0) is 25.0 Å². The van der Waals surface area contributed by atoms with Gasteiger partial charge in [0.15, 0.2) is 0 Å². The van der Waals surface area contributed by atoms with Crippen LogP contribution in [0.4, 0.5) is 4.79 Å². The van der Waals surface area contributed by atoms with Crippen molar-refractivity contribution in [3.8, 4) is 0 Å². The minimum atomic E-state index is -0.186. The Bertz CT molecular complexity index is 646. The first-order valence-corrected chi connectivity index (χ1v) is 9.65. The number of carbonyl (C=O) groups excluding carboxylic acids is 2. The van der Waals surface area contributed by atoms with E-state index >= 15 is 0 Å². The molecule has 1 atom stereocenters. The number of ether oxygens (including phenoxy) is 1. The van der Waals surface area contributed by atoms with Gasteiger partial charge in [-0.15, -0.1) is 6.58 Å². The lowest BCUT2D eigenvalue weighted by atomic mass is 10.1. The summed E-state index contributed by atoms with van der Waals surface area (Å²) in [4.78, 5) is 33.1. The van der Waals surface area contributed by atoms with E-state index in [0.29, 0.717) is 38.3 Å². The molecule has 1 aliphatic heterocycles. The van der Waals surface area contributed by atoms with Crippen molar-refractivity contribution in [3.05, 3.63) is 42.7 Å². The fraction of sp³-hybridized carbons (Fsp3) is 0.550. The number of hydrogen-bond donors (Lipinski definition) is 1. The van der Waals surface area contributed by atoms with E-state index in [1.165, 1.54) is 0 Å². The maximum atomic E-state index is 13.1. The van der Waals surface area contributed by atoms with Gasteiger partial charge in [-0.2, -0.15) is 0 Å². The fourth-order valence-electron chi connectivity index (χ4n) is 3.77. The van der Waals surface area contributed by atoms with Crippen LogP contribution in [0.1, 0.15) is 36.0 Å². The van der Waals surface area contributed by atoms with Crippen molar-refractivity contribution < 1.29 is 14.3 Å². The van der Waals surface area contributed by atoms with Gasteiger partial charge in [0, 0.05) is 38.1 Å². The van der Waals surface area contributed by atoms with Gasteiger partial charge in [-0.25, -0.2) is 4.79 Å². The summed E-state index contributed by atoms with van der Waals surface area (Å²) >= 11 is 0. The van der Waals surface area contributed by atoms with Crippen LogP contribution in [0.5, 0.6) is 0 Å². The zero-order chi connectivity index (χ0) is 19.1. The Labute approximate surface area is 160 Å². The summed E-state index contributed by atoms with van der Waals surface area (Å²) in [7, 11) is 0. The molecule has 1 unspecified atom stereocenters. The van der Waals surface area contributed by atoms with E-state index in [1.807, 2.05) is 4.90 Å². The first-order valence-electron chi connectivity index (χ1n) is 9.65. The molecule has 1 aliphatic carbocycles. The number of urea groups is 1. The zero-order valence-electron chi connectivity index (χ0n) is 15.7. The van der Waals surface area contributed by atoms with Gasteiger partial charge in [0.2, 0.25) is 0 Å². The van der Waals surface area contributed by atoms with Crippen molar-refractivity contribution in [2.45, 2.75) is 37.8 Å². The van der Waals surface area contributed by atoms with E-state index in [-0.39, 0.29) is 24.1 Å². The Morgan fingerprint density at radius 2 is 2.22 bits per heavy atom. The Kier molecular flexibility index (Phi) is 6.81. The van der Waals surface area contributed by atoms with E-state index in [1.54, 1.807) is 35.5 Å². The summed E-state index contributed by atoms with van der Waals surface area (Å²) in [6.45, 7) is 6.06.